The third-order valence-corrected chi connectivity index (χ3v) is 2.98. The first-order valence-corrected chi connectivity index (χ1v) is 5.94. The first-order chi connectivity index (χ1) is 8.90. The molecule has 1 heterocycles. The molecule has 0 saturated heterocycles. The van der Waals surface area contributed by atoms with Crippen molar-refractivity contribution in [3.05, 3.63) is 23.8 Å². The zero-order valence-corrected chi connectivity index (χ0v) is 10.9. The van der Waals surface area contributed by atoms with E-state index < -0.39 is 18.0 Å². The van der Waals surface area contributed by atoms with Gasteiger partial charge in [-0.05, 0) is 26.0 Å². The number of ketones is 2. The van der Waals surface area contributed by atoms with Crippen LogP contribution in [-0.4, -0.2) is 23.6 Å². The molecule has 0 N–H and O–H groups in total. The number of fused-ring (bicyclic) bond motifs is 1. The van der Waals surface area contributed by atoms with Crippen molar-refractivity contribution >= 4 is 17.5 Å². The van der Waals surface area contributed by atoms with Crippen LogP contribution in [0.1, 0.15) is 31.1 Å². The maximum atomic E-state index is 12.2. The number of esters is 1. The highest BCUT2D eigenvalue weighted by atomic mass is 16.5. The Morgan fingerprint density at radius 3 is 2.53 bits per heavy atom. The molecule has 0 fully saturated rings. The van der Waals surface area contributed by atoms with Gasteiger partial charge in [-0.1, -0.05) is 0 Å². The standard InChI is InChI=1S/C14H14O5/c1-7(15)13-8(2)18-12-6-10(19-9(3)16)4-5-11(12)14(13)17/h4-6,8,13H,1-3H3. The molecule has 0 spiro atoms. The van der Waals surface area contributed by atoms with Gasteiger partial charge in [0.25, 0.3) is 0 Å². The van der Waals surface area contributed by atoms with Crippen LogP contribution in [0.15, 0.2) is 18.2 Å². The van der Waals surface area contributed by atoms with E-state index in [1.807, 2.05) is 0 Å². The largest absolute Gasteiger partial charge is 0.489 e. The predicted molar refractivity (Wildman–Crippen MR) is 66.3 cm³/mol. The van der Waals surface area contributed by atoms with Gasteiger partial charge in [-0.25, -0.2) is 0 Å². The summed E-state index contributed by atoms with van der Waals surface area (Å²) >= 11 is 0. The molecule has 0 saturated carbocycles. The van der Waals surface area contributed by atoms with E-state index in [-0.39, 0.29) is 11.6 Å². The number of benzene rings is 1. The topological polar surface area (TPSA) is 69.7 Å². The Balaban J connectivity index is 2.38. The van der Waals surface area contributed by atoms with Crippen molar-refractivity contribution in [3.63, 3.8) is 0 Å². The van der Waals surface area contributed by atoms with E-state index in [2.05, 4.69) is 0 Å². The van der Waals surface area contributed by atoms with Crippen molar-refractivity contribution in [2.75, 3.05) is 0 Å². The van der Waals surface area contributed by atoms with Gasteiger partial charge in [-0.2, -0.15) is 0 Å². The van der Waals surface area contributed by atoms with Crippen molar-refractivity contribution in [2.24, 2.45) is 5.92 Å². The Morgan fingerprint density at radius 2 is 1.95 bits per heavy atom. The first-order valence-electron chi connectivity index (χ1n) is 5.94. The molecule has 0 radical (unpaired) electrons. The lowest BCUT2D eigenvalue weighted by Gasteiger charge is -2.28. The monoisotopic (exact) mass is 262 g/mol. The van der Waals surface area contributed by atoms with Gasteiger partial charge in [-0.15, -0.1) is 0 Å². The predicted octanol–water partition coefficient (Wildman–Crippen LogP) is 1.78. The fourth-order valence-electron chi connectivity index (χ4n) is 2.20. The molecule has 1 aromatic carbocycles. The Morgan fingerprint density at radius 1 is 1.26 bits per heavy atom. The summed E-state index contributed by atoms with van der Waals surface area (Å²) in [5.41, 5.74) is 0.342. The second-order valence-corrected chi connectivity index (χ2v) is 4.53. The van der Waals surface area contributed by atoms with Crippen LogP contribution in [0.2, 0.25) is 0 Å². The Bertz CT molecular complexity index is 561. The summed E-state index contributed by atoms with van der Waals surface area (Å²) in [4.78, 5) is 34.5. The van der Waals surface area contributed by atoms with E-state index in [1.54, 1.807) is 6.92 Å². The van der Waals surface area contributed by atoms with Crippen molar-refractivity contribution in [3.8, 4) is 11.5 Å². The van der Waals surface area contributed by atoms with E-state index in [0.29, 0.717) is 17.1 Å². The smallest absolute Gasteiger partial charge is 0.308 e. The lowest BCUT2D eigenvalue weighted by Crippen LogP contribution is -2.39. The van der Waals surface area contributed by atoms with E-state index >= 15 is 0 Å². The second kappa shape index (κ2) is 4.84. The number of carbonyl (C=O) groups excluding carboxylic acids is 3. The van der Waals surface area contributed by atoms with Gasteiger partial charge in [0.05, 0.1) is 5.56 Å². The highest BCUT2D eigenvalue weighted by Gasteiger charge is 2.37. The van der Waals surface area contributed by atoms with Crippen molar-refractivity contribution in [1.82, 2.24) is 0 Å². The average molecular weight is 262 g/mol. The van der Waals surface area contributed by atoms with Crippen LogP contribution in [0.25, 0.3) is 0 Å². The third kappa shape index (κ3) is 2.50. The van der Waals surface area contributed by atoms with Crippen LogP contribution in [-0.2, 0) is 9.59 Å². The van der Waals surface area contributed by atoms with E-state index in [4.69, 9.17) is 9.47 Å². The van der Waals surface area contributed by atoms with Gasteiger partial charge < -0.3 is 9.47 Å². The molecule has 2 atom stereocenters. The number of ether oxygens (including phenoxy) is 2. The van der Waals surface area contributed by atoms with Crippen LogP contribution in [0, 0.1) is 5.92 Å². The Labute approximate surface area is 110 Å². The summed E-state index contributed by atoms with van der Waals surface area (Å²) in [6.07, 6.45) is -0.523. The minimum Gasteiger partial charge on any atom is -0.489 e. The molecule has 1 aliphatic heterocycles. The zero-order valence-electron chi connectivity index (χ0n) is 10.9. The lowest BCUT2D eigenvalue weighted by atomic mass is 9.87. The van der Waals surface area contributed by atoms with Crippen molar-refractivity contribution in [2.45, 2.75) is 26.9 Å². The Hall–Kier alpha value is -2.17. The molecule has 0 aromatic heterocycles. The highest BCUT2D eigenvalue weighted by Crippen LogP contribution is 2.34. The van der Waals surface area contributed by atoms with E-state index in [9.17, 15) is 14.4 Å². The number of carbonyl (C=O) groups is 3. The van der Waals surface area contributed by atoms with Crippen LogP contribution >= 0.6 is 0 Å². The molecular formula is C14H14O5. The number of hydrogen-bond donors (Lipinski definition) is 0. The van der Waals surface area contributed by atoms with Gasteiger partial charge in [-0.3, -0.25) is 14.4 Å². The number of Topliss-reactive ketones (excluding diaryl/α,β-unsaturated/α-hetero) is 2. The molecule has 2 unspecified atom stereocenters. The molecule has 5 heteroatoms. The van der Waals surface area contributed by atoms with Crippen LogP contribution in [0.5, 0.6) is 11.5 Å². The summed E-state index contributed by atoms with van der Waals surface area (Å²) in [6, 6.07) is 4.51. The van der Waals surface area contributed by atoms with Gasteiger partial charge in [0, 0.05) is 13.0 Å². The van der Waals surface area contributed by atoms with Crippen molar-refractivity contribution < 1.29 is 23.9 Å². The third-order valence-electron chi connectivity index (χ3n) is 2.98. The molecule has 0 bridgehead atoms. The van der Waals surface area contributed by atoms with E-state index in [1.165, 1.54) is 32.0 Å². The quantitative estimate of drug-likeness (QED) is 0.461. The normalized spacial score (nSPS) is 21.3. The second-order valence-electron chi connectivity index (χ2n) is 4.53. The summed E-state index contributed by atoms with van der Waals surface area (Å²) in [6.45, 7) is 4.34. The minimum absolute atomic E-state index is 0.216. The summed E-state index contributed by atoms with van der Waals surface area (Å²) in [5, 5.41) is 0. The summed E-state index contributed by atoms with van der Waals surface area (Å²) in [7, 11) is 0. The van der Waals surface area contributed by atoms with Crippen molar-refractivity contribution in [1.29, 1.82) is 0 Å². The molecule has 2 rings (SSSR count). The molecular weight excluding hydrogens is 248 g/mol. The molecule has 5 nitrogen and oxygen atoms in total. The van der Waals surface area contributed by atoms with Gasteiger partial charge in [0.1, 0.15) is 29.3 Å². The first kappa shape index (κ1) is 13.3. The Kier molecular flexibility index (Phi) is 3.38. The molecule has 1 aliphatic rings. The lowest BCUT2D eigenvalue weighted by molar-refractivity contribution is -0.131. The average Bonchev–Trinajstić information content (AvgIpc) is 2.26. The fraction of sp³-hybridized carbons (Fsp3) is 0.357. The van der Waals surface area contributed by atoms with E-state index in [0.717, 1.165) is 0 Å². The van der Waals surface area contributed by atoms with Gasteiger partial charge >= 0.3 is 5.97 Å². The summed E-state index contributed by atoms with van der Waals surface area (Å²) < 4.78 is 10.5. The number of hydrogen-bond acceptors (Lipinski definition) is 5. The maximum absolute atomic E-state index is 12.2. The molecule has 100 valence electrons. The van der Waals surface area contributed by atoms with Gasteiger partial charge in [0.2, 0.25) is 0 Å². The minimum atomic E-state index is -0.771. The summed E-state index contributed by atoms with van der Waals surface area (Å²) in [5.74, 6) is -1.03. The highest BCUT2D eigenvalue weighted by molar-refractivity contribution is 6.12. The molecule has 0 aliphatic carbocycles. The number of rotatable bonds is 2. The SMILES string of the molecule is CC(=O)Oc1ccc2c(c1)OC(C)C(C(C)=O)C2=O. The van der Waals surface area contributed by atoms with Crippen LogP contribution in [0.4, 0.5) is 0 Å². The fourth-order valence-corrected chi connectivity index (χ4v) is 2.20. The molecule has 19 heavy (non-hydrogen) atoms. The molecule has 0 amide bonds. The zero-order chi connectivity index (χ0) is 14.2. The molecule has 1 aromatic rings. The van der Waals surface area contributed by atoms with Gasteiger partial charge in [0.15, 0.2) is 5.78 Å². The van der Waals surface area contributed by atoms with Crippen LogP contribution in [0.3, 0.4) is 0 Å². The maximum Gasteiger partial charge on any atom is 0.308 e. The van der Waals surface area contributed by atoms with Crippen LogP contribution < -0.4 is 9.47 Å².